The van der Waals surface area contributed by atoms with E-state index in [2.05, 4.69) is 13.0 Å². The molecule has 0 spiro atoms. The number of para-hydroxylation sites is 1. The molecule has 2 heterocycles. The molecule has 0 bridgehead atoms. The average molecular weight is 489 g/mol. The van der Waals surface area contributed by atoms with Gasteiger partial charge < -0.3 is 9.64 Å². The number of rotatable bonds is 4. The minimum atomic E-state index is -0.830. The molecule has 0 saturated carbocycles. The van der Waals surface area contributed by atoms with E-state index in [0.29, 0.717) is 36.0 Å². The Labute approximate surface area is 210 Å². The number of esters is 1. The lowest BCUT2D eigenvalue weighted by Crippen LogP contribution is -2.44. The molecule has 1 atom stereocenters. The number of hydrogen-bond acceptors (Lipinski definition) is 4. The maximum atomic E-state index is 13.5. The van der Waals surface area contributed by atoms with Gasteiger partial charge in [-0.05, 0) is 79.5 Å². The molecular weight excluding hydrogens is 460 g/mol. The molecule has 1 unspecified atom stereocenters. The van der Waals surface area contributed by atoms with Crippen LogP contribution in [0, 0.1) is 5.92 Å². The monoisotopic (exact) mass is 488 g/mol. The Balaban J connectivity index is 1.46. The first-order chi connectivity index (χ1) is 16.9. The van der Waals surface area contributed by atoms with Crippen molar-refractivity contribution in [3.8, 4) is 0 Å². The molecule has 6 heteroatoms. The van der Waals surface area contributed by atoms with Crippen LogP contribution in [0.3, 0.4) is 0 Å². The summed E-state index contributed by atoms with van der Waals surface area (Å²) in [6, 6.07) is 15.3. The molecule has 180 valence electrons. The number of benzene rings is 2. The third-order valence-corrected chi connectivity index (χ3v) is 7.34. The van der Waals surface area contributed by atoms with E-state index in [1.807, 2.05) is 53.4 Å². The van der Waals surface area contributed by atoms with Crippen molar-refractivity contribution >= 4 is 46.0 Å². The Morgan fingerprint density at radius 2 is 1.80 bits per heavy atom. The number of carbonyl (C=O) groups excluding carboxylic acids is 2. The second-order valence-electron chi connectivity index (χ2n) is 9.61. The van der Waals surface area contributed by atoms with Crippen LogP contribution in [-0.2, 0) is 16.0 Å². The van der Waals surface area contributed by atoms with Crippen molar-refractivity contribution in [3.05, 3.63) is 75.9 Å². The summed E-state index contributed by atoms with van der Waals surface area (Å²) in [6.07, 6.45) is 4.72. The second-order valence-corrected chi connectivity index (χ2v) is 10.0. The average Bonchev–Trinajstić information content (AvgIpc) is 3.25. The zero-order chi connectivity index (χ0) is 24.5. The molecule has 2 aliphatic rings. The van der Waals surface area contributed by atoms with Crippen molar-refractivity contribution in [3.63, 3.8) is 0 Å². The van der Waals surface area contributed by atoms with Crippen LogP contribution in [0.15, 0.2) is 48.5 Å². The number of halogens is 1. The minimum absolute atomic E-state index is 0.122. The number of ether oxygens (including phenoxy) is 1. The van der Waals surface area contributed by atoms with Crippen LogP contribution >= 0.6 is 11.6 Å². The Bertz CT molecular complexity index is 1310. The predicted octanol–water partition coefficient (Wildman–Crippen LogP) is 6.18. The van der Waals surface area contributed by atoms with Gasteiger partial charge in [-0.25, -0.2) is 9.78 Å². The van der Waals surface area contributed by atoms with Crippen molar-refractivity contribution in [1.82, 2.24) is 9.88 Å². The molecule has 1 aliphatic heterocycles. The van der Waals surface area contributed by atoms with Crippen molar-refractivity contribution in [2.45, 2.75) is 45.6 Å². The first kappa shape index (κ1) is 23.6. The van der Waals surface area contributed by atoms with Crippen LogP contribution in [0.2, 0.25) is 5.02 Å². The van der Waals surface area contributed by atoms with E-state index >= 15 is 0 Å². The molecule has 2 aromatic carbocycles. The summed E-state index contributed by atoms with van der Waals surface area (Å²) < 4.78 is 5.79. The van der Waals surface area contributed by atoms with Crippen LogP contribution in [0.25, 0.3) is 22.6 Å². The molecule has 1 aliphatic carbocycles. The highest BCUT2D eigenvalue weighted by molar-refractivity contribution is 6.30. The van der Waals surface area contributed by atoms with E-state index in [-0.39, 0.29) is 5.91 Å². The summed E-state index contributed by atoms with van der Waals surface area (Å²) in [4.78, 5) is 33.2. The van der Waals surface area contributed by atoms with Gasteiger partial charge in [0.25, 0.3) is 5.91 Å². The number of carbonyl (C=O) groups is 2. The van der Waals surface area contributed by atoms with Gasteiger partial charge in [-0.1, -0.05) is 48.9 Å². The number of fused-ring (bicyclic) bond motifs is 2. The highest BCUT2D eigenvalue weighted by atomic mass is 35.5. The maximum Gasteiger partial charge on any atom is 0.339 e. The van der Waals surface area contributed by atoms with Crippen LogP contribution in [0.1, 0.15) is 60.3 Å². The lowest BCUT2D eigenvalue weighted by atomic mass is 9.99. The van der Waals surface area contributed by atoms with Gasteiger partial charge in [-0.15, -0.1) is 0 Å². The third kappa shape index (κ3) is 4.83. The predicted molar refractivity (Wildman–Crippen MR) is 139 cm³/mol. The number of nitrogens with zero attached hydrogens (tertiary/aromatic N) is 2. The van der Waals surface area contributed by atoms with E-state index in [4.69, 9.17) is 21.3 Å². The number of amides is 1. The molecule has 1 aromatic heterocycles. The fourth-order valence-electron chi connectivity index (χ4n) is 5.03. The smallest absolute Gasteiger partial charge is 0.339 e. The Morgan fingerprint density at radius 1 is 1.09 bits per heavy atom. The standard InChI is InChI=1S/C29H29ClN2O3/c1-18-13-15-32(16-14-18)28(33)19(2)35-29(34)26-23-5-3-4-6-25(23)31-27-21(9-12-24(26)27)17-20-7-10-22(30)11-8-20/h3-8,10-11,17-19H,9,12-16H2,1-2H3/b21-17+. The molecule has 0 radical (unpaired) electrons. The topological polar surface area (TPSA) is 59.5 Å². The normalized spacial score (nSPS) is 18.0. The summed E-state index contributed by atoms with van der Waals surface area (Å²) >= 11 is 6.04. The van der Waals surface area contributed by atoms with E-state index in [1.165, 1.54) is 0 Å². The first-order valence-electron chi connectivity index (χ1n) is 12.3. The number of likely N-dealkylation sites (tertiary alicyclic amines) is 1. The fraction of sp³-hybridized carbons (Fsp3) is 0.345. The quantitative estimate of drug-likeness (QED) is 0.411. The summed E-state index contributed by atoms with van der Waals surface area (Å²) in [5, 5.41) is 1.45. The molecule has 3 aromatic rings. The molecular formula is C29H29ClN2O3. The van der Waals surface area contributed by atoms with Crippen LogP contribution in [-0.4, -0.2) is 41.0 Å². The molecule has 5 rings (SSSR count). The summed E-state index contributed by atoms with van der Waals surface area (Å²) in [5.74, 6) is 0.0419. The number of pyridine rings is 1. The zero-order valence-electron chi connectivity index (χ0n) is 20.1. The molecule has 5 nitrogen and oxygen atoms in total. The highest BCUT2D eigenvalue weighted by Gasteiger charge is 2.31. The van der Waals surface area contributed by atoms with E-state index in [1.54, 1.807) is 6.92 Å². The highest BCUT2D eigenvalue weighted by Crippen LogP contribution is 2.38. The third-order valence-electron chi connectivity index (χ3n) is 7.08. The van der Waals surface area contributed by atoms with Crippen molar-refractivity contribution in [2.75, 3.05) is 13.1 Å². The molecule has 1 saturated heterocycles. The van der Waals surface area contributed by atoms with Crippen LogP contribution in [0.4, 0.5) is 0 Å². The van der Waals surface area contributed by atoms with E-state index in [9.17, 15) is 9.59 Å². The van der Waals surface area contributed by atoms with Gasteiger partial charge in [-0.2, -0.15) is 0 Å². The van der Waals surface area contributed by atoms with Crippen molar-refractivity contribution in [1.29, 1.82) is 0 Å². The largest absolute Gasteiger partial charge is 0.449 e. The molecule has 35 heavy (non-hydrogen) atoms. The van der Waals surface area contributed by atoms with Crippen LogP contribution in [0.5, 0.6) is 0 Å². The number of hydrogen-bond donors (Lipinski definition) is 0. The Kier molecular flexibility index (Phi) is 6.61. The second kappa shape index (κ2) is 9.82. The minimum Gasteiger partial charge on any atom is -0.449 e. The van der Waals surface area contributed by atoms with Gasteiger partial charge in [0, 0.05) is 23.5 Å². The lowest BCUT2D eigenvalue weighted by molar-refractivity contribution is -0.141. The van der Waals surface area contributed by atoms with Crippen LogP contribution < -0.4 is 0 Å². The summed E-state index contributed by atoms with van der Waals surface area (Å²) in [7, 11) is 0. The zero-order valence-corrected chi connectivity index (χ0v) is 20.8. The fourth-order valence-corrected chi connectivity index (χ4v) is 5.15. The number of aromatic nitrogens is 1. The molecule has 1 amide bonds. The molecule has 0 N–H and O–H groups in total. The number of allylic oxidation sites excluding steroid dienone is 1. The summed E-state index contributed by atoms with van der Waals surface area (Å²) in [5.41, 5.74) is 5.10. The summed E-state index contributed by atoms with van der Waals surface area (Å²) in [6.45, 7) is 5.31. The van der Waals surface area contributed by atoms with Gasteiger partial charge in [0.1, 0.15) is 0 Å². The Hall–Kier alpha value is -3.18. The number of piperidine rings is 1. The van der Waals surface area contributed by atoms with Gasteiger partial charge in [-0.3, -0.25) is 4.79 Å². The van der Waals surface area contributed by atoms with Gasteiger partial charge in [0.2, 0.25) is 0 Å². The first-order valence-corrected chi connectivity index (χ1v) is 12.7. The van der Waals surface area contributed by atoms with Gasteiger partial charge in [0.05, 0.1) is 16.8 Å². The SMILES string of the molecule is CC1CCN(C(=O)C(C)OC(=O)c2c3c(nc4ccccc24)/C(=C/c2ccc(Cl)cc2)CC3)CC1. The Morgan fingerprint density at radius 3 is 2.54 bits per heavy atom. The van der Waals surface area contributed by atoms with E-state index < -0.39 is 12.1 Å². The lowest BCUT2D eigenvalue weighted by Gasteiger charge is -2.32. The van der Waals surface area contributed by atoms with Crippen molar-refractivity contribution < 1.29 is 14.3 Å². The van der Waals surface area contributed by atoms with Crippen molar-refractivity contribution in [2.24, 2.45) is 5.92 Å². The maximum absolute atomic E-state index is 13.5. The van der Waals surface area contributed by atoms with Gasteiger partial charge >= 0.3 is 5.97 Å². The molecule has 1 fully saturated rings. The van der Waals surface area contributed by atoms with Gasteiger partial charge in [0.15, 0.2) is 6.10 Å². The van der Waals surface area contributed by atoms with E-state index in [0.717, 1.165) is 52.6 Å².